The molecule has 1 atom stereocenters. The van der Waals surface area contributed by atoms with Gasteiger partial charge in [-0.05, 0) is 0 Å². The van der Waals surface area contributed by atoms with Gasteiger partial charge in [0, 0.05) is 37.0 Å². The van der Waals surface area contributed by atoms with Crippen molar-refractivity contribution in [1.82, 2.24) is 10.3 Å². The van der Waals surface area contributed by atoms with Crippen molar-refractivity contribution in [3.05, 3.63) is 16.6 Å². The average Bonchev–Trinajstić information content (AvgIpc) is 2.67. The zero-order valence-electron chi connectivity index (χ0n) is 8.19. The Morgan fingerprint density at radius 2 is 2.57 bits per heavy atom. The summed E-state index contributed by atoms with van der Waals surface area (Å²) in [4.78, 5) is 15.3. The number of amides is 1. The van der Waals surface area contributed by atoms with Crippen LogP contribution >= 0.6 is 11.3 Å². The number of aromatic nitrogens is 1. The molecular formula is C9H15N3OS. The number of thiazole rings is 1. The van der Waals surface area contributed by atoms with Gasteiger partial charge in [0.2, 0.25) is 5.91 Å². The molecular weight excluding hydrogens is 198 g/mol. The zero-order chi connectivity index (χ0) is 10.4. The molecule has 1 unspecified atom stereocenters. The summed E-state index contributed by atoms with van der Waals surface area (Å²) in [6.07, 6.45) is 2.17. The fourth-order valence-corrected chi connectivity index (χ4v) is 1.75. The lowest BCUT2D eigenvalue weighted by Gasteiger charge is -2.09. The van der Waals surface area contributed by atoms with Gasteiger partial charge >= 0.3 is 0 Å². The molecule has 0 aliphatic carbocycles. The first-order valence-electron chi connectivity index (χ1n) is 4.60. The van der Waals surface area contributed by atoms with Crippen LogP contribution in [0.15, 0.2) is 11.6 Å². The van der Waals surface area contributed by atoms with Crippen LogP contribution in [-0.2, 0) is 4.79 Å². The highest BCUT2D eigenvalue weighted by atomic mass is 32.1. The van der Waals surface area contributed by atoms with E-state index in [2.05, 4.69) is 10.3 Å². The number of carbonyl (C=O) groups is 1. The Bertz CT molecular complexity index is 274. The summed E-state index contributed by atoms with van der Waals surface area (Å²) in [5, 5.41) is 5.81. The molecule has 0 fully saturated rings. The van der Waals surface area contributed by atoms with E-state index in [1.54, 1.807) is 17.5 Å². The van der Waals surface area contributed by atoms with Gasteiger partial charge in [-0.2, -0.15) is 0 Å². The van der Waals surface area contributed by atoms with E-state index < -0.39 is 0 Å². The Balaban J connectivity index is 2.28. The van der Waals surface area contributed by atoms with Gasteiger partial charge in [-0.15, -0.1) is 11.3 Å². The van der Waals surface area contributed by atoms with Gasteiger partial charge in [0.05, 0.1) is 5.01 Å². The summed E-state index contributed by atoms with van der Waals surface area (Å²) in [6.45, 7) is 3.07. The van der Waals surface area contributed by atoms with Crippen LogP contribution in [0.5, 0.6) is 0 Å². The topological polar surface area (TPSA) is 68.0 Å². The Kier molecular flexibility index (Phi) is 4.55. The molecule has 4 nitrogen and oxygen atoms in total. The fourth-order valence-electron chi connectivity index (χ4n) is 1.05. The largest absolute Gasteiger partial charge is 0.355 e. The Labute approximate surface area is 87.5 Å². The van der Waals surface area contributed by atoms with Crippen LogP contribution in [-0.4, -0.2) is 24.0 Å². The molecule has 1 aromatic heterocycles. The molecule has 14 heavy (non-hydrogen) atoms. The Morgan fingerprint density at radius 1 is 1.79 bits per heavy atom. The SMILES string of the molecule is CC(CNC(=O)CCN)c1nccs1. The summed E-state index contributed by atoms with van der Waals surface area (Å²) in [5.74, 6) is 0.285. The summed E-state index contributed by atoms with van der Waals surface area (Å²) in [6, 6.07) is 0. The number of hydrogen-bond acceptors (Lipinski definition) is 4. The maximum Gasteiger partial charge on any atom is 0.221 e. The average molecular weight is 213 g/mol. The van der Waals surface area contributed by atoms with Crippen LogP contribution in [0.2, 0.25) is 0 Å². The highest BCUT2D eigenvalue weighted by Gasteiger charge is 2.08. The van der Waals surface area contributed by atoms with Crippen molar-refractivity contribution < 1.29 is 4.79 Å². The predicted octanol–water partition coefficient (Wildman–Crippen LogP) is 0.712. The summed E-state index contributed by atoms with van der Waals surface area (Å²) in [5.41, 5.74) is 5.26. The smallest absolute Gasteiger partial charge is 0.221 e. The van der Waals surface area contributed by atoms with Crippen molar-refractivity contribution in [2.45, 2.75) is 19.3 Å². The number of carbonyl (C=O) groups excluding carboxylic acids is 1. The minimum absolute atomic E-state index is 0.0101. The van der Waals surface area contributed by atoms with E-state index >= 15 is 0 Å². The summed E-state index contributed by atoms with van der Waals surface area (Å²) >= 11 is 1.61. The zero-order valence-corrected chi connectivity index (χ0v) is 9.01. The lowest BCUT2D eigenvalue weighted by atomic mass is 10.2. The summed E-state index contributed by atoms with van der Waals surface area (Å²) in [7, 11) is 0. The van der Waals surface area contributed by atoms with Gasteiger partial charge in [0.1, 0.15) is 0 Å². The minimum atomic E-state index is 0.0101. The molecule has 0 saturated heterocycles. The number of nitrogens with zero attached hydrogens (tertiary/aromatic N) is 1. The molecule has 3 N–H and O–H groups in total. The Hall–Kier alpha value is -0.940. The highest BCUT2D eigenvalue weighted by molar-refractivity contribution is 7.09. The molecule has 0 bridgehead atoms. The molecule has 1 amide bonds. The van der Waals surface area contributed by atoms with Gasteiger partial charge in [-0.25, -0.2) is 4.98 Å². The van der Waals surface area contributed by atoms with E-state index in [9.17, 15) is 4.79 Å². The second kappa shape index (κ2) is 5.72. The van der Waals surface area contributed by atoms with Crippen molar-refractivity contribution in [1.29, 1.82) is 0 Å². The quantitative estimate of drug-likeness (QED) is 0.757. The van der Waals surface area contributed by atoms with Crippen LogP contribution in [0, 0.1) is 0 Å². The minimum Gasteiger partial charge on any atom is -0.355 e. The van der Waals surface area contributed by atoms with Crippen LogP contribution in [0.25, 0.3) is 0 Å². The number of nitrogens with two attached hydrogens (primary N) is 1. The standard InChI is InChI=1S/C9H15N3OS/c1-7(9-11-4-5-14-9)6-12-8(13)2-3-10/h4-5,7H,2-3,6,10H2,1H3,(H,12,13). The van der Waals surface area contributed by atoms with Crippen molar-refractivity contribution in [2.75, 3.05) is 13.1 Å². The molecule has 1 aromatic rings. The third kappa shape index (κ3) is 3.43. The van der Waals surface area contributed by atoms with Crippen LogP contribution in [0.4, 0.5) is 0 Å². The van der Waals surface area contributed by atoms with E-state index in [0.29, 0.717) is 19.5 Å². The molecule has 1 heterocycles. The second-order valence-electron chi connectivity index (χ2n) is 3.11. The maximum atomic E-state index is 11.1. The maximum absolute atomic E-state index is 11.1. The molecule has 0 saturated carbocycles. The van der Waals surface area contributed by atoms with Crippen molar-refractivity contribution in [3.8, 4) is 0 Å². The first-order valence-corrected chi connectivity index (χ1v) is 5.48. The molecule has 0 aromatic carbocycles. The van der Waals surface area contributed by atoms with Gasteiger partial charge in [0.15, 0.2) is 0 Å². The third-order valence-electron chi connectivity index (χ3n) is 1.85. The van der Waals surface area contributed by atoms with Gasteiger partial charge in [0.25, 0.3) is 0 Å². The number of hydrogen-bond donors (Lipinski definition) is 2. The lowest BCUT2D eigenvalue weighted by molar-refractivity contribution is -0.120. The Morgan fingerprint density at radius 3 is 3.14 bits per heavy atom. The monoisotopic (exact) mass is 213 g/mol. The number of nitrogens with one attached hydrogen (secondary N) is 1. The van der Waals surface area contributed by atoms with Crippen molar-refractivity contribution in [2.24, 2.45) is 5.73 Å². The van der Waals surface area contributed by atoms with Crippen molar-refractivity contribution in [3.63, 3.8) is 0 Å². The molecule has 1 rings (SSSR count). The van der Waals surface area contributed by atoms with E-state index in [4.69, 9.17) is 5.73 Å². The lowest BCUT2D eigenvalue weighted by Crippen LogP contribution is -2.28. The van der Waals surface area contributed by atoms with E-state index in [-0.39, 0.29) is 11.8 Å². The van der Waals surface area contributed by atoms with Crippen LogP contribution in [0.1, 0.15) is 24.3 Å². The van der Waals surface area contributed by atoms with Crippen LogP contribution < -0.4 is 11.1 Å². The van der Waals surface area contributed by atoms with Crippen molar-refractivity contribution >= 4 is 17.2 Å². The summed E-state index contributed by atoms with van der Waals surface area (Å²) < 4.78 is 0. The molecule has 78 valence electrons. The predicted molar refractivity (Wildman–Crippen MR) is 57.2 cm³/mol. The first-order chi connectivity index (χ1) is 6.74. The molecule has 0 radical (unpaired) electrons. The molecule has 0 aliphatic rings. The van der Waals surface area contributed by atoms with Gasteiger partial charge in [-0.3, -0.25) is 4.79 Å². The van der Waals surface area contributed by atoms with E-state index in [0.717, 1.165) is 5.01 Å². The second-order valence-corrected chi connectivity index (χ2v) is 4.04. The van der Waals surface area contributed by atoms with E-state index in [1.807, 2.05) is 12.3 Å². The normalized spacial score (nSPS) is 12.4. The fraction of sp³-hybridized carbons (Fsp3) is 0.556. The van der Waals surface area contributed by atoms with E-state index in [1.165, 1.54) is 0 Å². The third-order valence-corrected chi connectivity index (χ3v) is 2.86. The van der Waals surface area contributed by atoms with Crippen LogP contribution in [0.3, 0.4) is 0 Å². The highest BCUT2D eigenvalue weighted by Crippen LogP contribution is 2.16. The molecule has 0 aliphatic heterocycles. The molecule has 0 spiro atoms. The molecule has 5 heteroatoms. The van der Waals surface area contributed by atoms with Gasteiger partial charge in [-0.1, -0.05) is 6.92 Å². The van der Waals surface area contributed by atoms with Gasteiger partial charge < -0.3 is 11.1 Å². The number of rotatable bonds is 5. The first kappa shape index (κ1) is 11.1.